The number of hydrogen-bond acceptors (Lipinski definition) is 2. The second-order valence-corrected chi connectivity index (χ2v) is 6.43. The summed E-state index contributed by atoms with van der Waals surface area (Å²) in [4.78, 5) is 26.5. The molecule has 2 aromatic carbocycles. The molecule has 1 N–H and O–H groups in total. The minimum Gasteiger partial charge on any atom is -0.344 e. The van der Waals surface area contributed by atoms with Gasteiger partial charge < -0.3 is 10.2 Å². The Labute approximate surface area is 148 Å². The zero-order valence-corrected chi connectivity index (χ0v) is 14.2. The van der Waals surface area contributed by atoms with Crippen LogP contribution in [0.1, 0.15) is 17.0 Å². The summed E-state index contributed by atoms with van der Waals surface area (Å²) in [5.41, 5.74) is 1.29. The highest BCUT2D eigenvalue weighted by molar-refractivity contribution is 6.08. The predicted molar refractivity (Wildman–Crippen MR) is 90.0 cm³/mol. The first-order valence-corrected chi connectivity index (χ1v) is 8.05. The Morgan fingerprint density at radius 3 is 2.58 bits per heavy atom. The van der Waals surface area contributed by atoms with E-state index in [1.165, 1.54) is 4.90 Å². The van der Waals surface area contributed by atoms with Gasteiger partial charge in [0.1, 0.15) is 5.92 Å². The number of rotatable bonds is 3. The molecule has 0 saturated carbocycles. The van der Waals surface area contributed by atoms with Gasteiger partial charge in [-0.25, -0.2) is 13.2 Å². The van der Waals surface area contributed by atoms with E-state index in [-0.39, 0.29) is 0 Å². The van der Waals surface area contributed by atoms with Crippen molar-refractivity contribution in [1.29, 1.82) is 0 Å². The average Bonchev–Trinajstić information content (AvgIpc) is 2.91. The molecular formula is C19H17F3N2O2. The molecule has 1 aliphatic heterocycles. The zero-order valence-electron chi connectivity index (χ0n) is 14.2. The molecule has 1 aliphatic rings. The monoisotopic (exact) mass is 362 g/mol. The van der Waals surface area contributed by atoms with Crippen LogP contribution in [0.5, 0.6) is 0 Å². The van der Waals surface area contributed by atoms with E-state index in [4.69, 9.17) is 0 Å². The number of likely N-dealkylation sites (N-methyl/N-ethyl adjacent to an activating group) is 1. The summed E-state index contributed by atoms with van der Waals surface area (Å²) < 4.78 is 40.2. The summed E-state index contributed by atoms with van der Waals surface area (Å²) in [7, 11) is 1.58. The van der Waals surface area contributed by atoms with Crippen molar-refractivity contribution < 1.29 is 22.8 Å². The molecule has 2 atom stereocenters. The number of amides is 2. The maximum absolute atomic E-state index is 13.8. The number of anilines is 1. The molecule has 0 spiro atoms. The number of hydrogen-bond donors (Lipinski definition) is 1. The molecule has 0 aromatic heterocycles. The van der Waals surface area contributed by atoms with E-state index >= 15 is 0 Å². The smallest absolute Gasteiger partial charge is 0.237 e. The van der Waals surface area contributed by atoms with E-state index < -0.39 is 46.8 Å². The van der Waals surface area contributed by atoms with Gasteiger partial charge in [0.25, 0.3) is 0 Å². The number of nitrogens with one attached hydrogen (secondary N) is 1. The minimum atomic E-state index is -1.67. The van der Waals surface area contributed by atoms with Crippen LogP contribution >= 0.6 is 0 Å². The van der Waals surface area contributed by atoms with Gasteiger partial charge in [0.15, 0.2) is 17.5 Å². The molecule has 2 aromatic rings. The van der Waals surface area contributed by atoms with Gasteiger partial charge in [-0.3, -0.25) is 9.59 Å². The third-order valence-electron chi connectivity index (χ3n) is 4.56. The van der Waals surface area contributed by atoms with Crippen molar-refractivity contribution in [3.05, 3.63) is 65.0 Å². The third-order valence-corrected chi connectivity index (χ3v) is 4.56. The lowest BCUT2D eigenvalue weighted by atomic mass is 9.87. The molecule has 0 aliphatic carbocycles. The topological polar surface area (TPSA) is 49.4 Å². The van der Waals surface area contributed by atoms with Crippen LogP contribution in [-0.2, 0) is 9.59 Å². The minimum absolute atomic E-state index is 0.334. The van der Waals surface area contributed by atoms with Gasteiger partial charge in [0.05, 0.1) is 5.69 Å². The SMILES string of the molecule is Cc1cccc([C@H]2CN(C)C(=O)[C@@H]2C(=O)Nc2ccc(F)c(F)c2F)c1. The number of benzene rings is 2. The normalized spacial score (nSPS) is 19.7. The number of nitrogens with zero attached hydrogens (tertiary/aromatic N) is 1. The van der Waals surface area contributed by atoms with Gasteiger partial charge in [-0.05, 0) is 24.6 Å². The highest BCUT2D eigenvalue weighted by Gasteiger charge is 2.44. The highest BCUT2D eigenvalue weighted by Crippen LogP contribution is 2.34. The average molecular weight is 362 g/mol. The Kier molecular flexibility index (Phi) is 4.71. The molecule has 2 amide bonds. The van der Waals surface area contributed by atoms with E-state index in [1.54, 1.807) is 7.05 Å². The van der Waals surface area contributed by atoms with E-state index in [1.807, 2.05) is 31.2 Å². The van der Waals surface area contributed by atoms with Crippen LogP contribution in [0.3, 0.4) is 0 Å². The number of aryl methyl sites for hydroxylation is 1. The standard InChI is InChI=1S/C19H17F3N2O2/c1-10-4-3-5-11(8-10)12-9-24(2)19(26)15(12)18(25)23-14-7-6-13(20)16(21)17(14)22/h3-8,12,15H,9H2,1-2H3,(H,23,25)/t12-,15+/m1/s1. The van der Waals surface area contributed by atoms with Crippen LogP contribution in [0.25, 0.3) is 0 Å². The fourth-order valence-electron chi connectivity index (χ4n) is 3.23. The van der Waals surface area contributed by atoms with Crippen molar-refractivity contribution in [2.75, 3.05) is 18.9 Å². The van der Waals surface area contributed by atoms with Crippen LogP contribution in [0.2, 0.25) is 0 Å². The fraction of sp³-hybridized carbons (Fsp3) is 0.263. The summed E-state index contributed by atoms with van der Waals surface area (Å²) in [6.45, 7) is 2.23. The Bertz CT molecular complexity index is 885. The molecule has 0 radical (unpaired) electrons. The second-order valence-electron chi connectivity index (χ2n) is 6.43. The molecular weight excluding hydrogens is 345 g/mol. The number of carbonyl (C=O) groups is 2. The molecule has 0 unspecified atom stereocenters. The van der Waals surface area contributed by atoms with Crippen LogP contribution in [0, 0.1) is 30.3 Å². The lowest BCUT2D eigenvalue weighted by molar-refractivity contribution is -0.135. The molecule has 3 rings (SSSR count). The van der Waals surface area contributed by atoms with Crippen molar-refractivity contribution in [3.63, 3.8) is 0 Å². The van der Waals surface area contributed by atoms with E-state index in [9.17, 15) is 22.8 Å². The van der Waals surface area contributed by atoms with Crippen LogP contribution in [0.15, 0.2) is 36.4 Å². The van der Waals surface area contributed by atoms with Gasteiger partial charge in [-0.2, -0.15) is 0 Å². The first kappa shape index (κ1) is 18.0. The predicted octanol–water partition coefficient (Wildman–Crippen LogP) is 3.22. The Morgan fingerprint density at radius 1 is 1.15 bits per heavy atom. The van der Waals surface area contributed by atoms with Crippen molar-refractivity contribution >= 4 is 17.5 Å². The fourth-order valence-corrected chi connectivity index (χ4v) is 3.23. The van der Waals surface area contributed by atoms with Crippen molar-refractivity contribution in [3.8, 4) is 0 Å². The molecule has 136 valence electrons. The Hall–Kier alpha value is -2.83. The van der Waals surface area contributed by atoms with E-state index in [2.05, 4.69) is 5.32 Å². The van der Waals surface area contributed by atoms with Gasteiger partial charge in [0.2, 0.25) is 11.8 Å². The third kappa shape index (κ3) is 3.16. The number of likely N-dealkylation sites (tertiary alicyclic amines) is 1. The van der Waals surface area contributed by atoms with Crippen LogP contribution in [0.4, 0.5) is 18.9 Å². The van der Waals surface area contributed by atoms with Gasteiger partial charge in [0, 0.05) is 19.5 Å². The summed E-state index contributed by atoms with van der Waals surface area (Å²) in [6.07, 6.45) is 0. The molecule has 1 saturated heterocycles. The Morgan fingerprint density at radius 2 is 1.88 bits per heavy atom. The molecule has 0 bridgehead atoms. The van der Waals surface area contributed by atoms with Crippen molar-refractivity contribution in [1.82, 2.24) is 4.90 Å². The van der Waals surface area contributed by atoms with Gasteiger partial charge >= 0.3 is 0 Å². The second kappa shape index (κ2) is 6.82. The van der Waals surface area contributed by atoms with Crippen LogP contribution < -0.4 is 5.32 Å². The zero-order chi connectivity index (χ0) is 19.0. The van der Waals surface area contributed by atoms with Gasteiger partial charge in [-0.1, -0.05) is 29.8 Å². The first-order valence-electron chi connectivity index (χ1n) is 8.05. The lowest BCUT2D eigenvalue weighted by Gasteiger charge is -2.17. The Balaban J connectivity index is 1.91. The summed E-state index contributed by atoms with van der Waals surface area (Å²) in [5, 5.41) is 2.22. The van der Waals surface area contributed by atoms with Crippen molar-refractivity contribution in [2.24, 2.45) is 5.92 Å². The largest absolute Gasteiger partial charge is 0.344 e. The number of carbonyl (C=O) groups excluding carboxylic acids is 2. The molecule has 1 fully saturated rings. The number of halogens is 3. The maximum atomic E-state index is 13.8. The quantitative estimate of drug-likeness (QED) is 0.673. The van der Waals surface area contributed by atoms with Crippen molar-refractivity contribution in [2.45, 2.75) is 12.8 Å². The first-order chi connectivity index (χ1) is 12.3. The molecule has 26 heavy (non-hydrogen) atoms. The van der Waals surface area contributed by atoms with E-state index in [0.29, 0.717) is 12.6 Å². The summed E-state index contributed by atoms with van der Waals surface area (Å²) in [6, 6.07) is 9.08. The highest BCUT2D eigenvalue weighted by atomic mass is 19.2. The molecule has 1 heterocycles. The van der Waals surface area contributed by atoms with E-state index in [0.717, 1.165) is 17.2 Å². The maximum Gasteiger partial charge on any atom is 0.237 e. The summed E-state index contributed by atoms with van der Waals surface area (Å²) in [5.74, 6) is -7.17. The lowest BCUT2D eigenvalue weighted by Crippen LogP contribution is -2.33. The molecule has 7 heteroatoms. The van der Waals surface area contributed by atoms with Crippen LogP contribution in [-0.4, -0.2) is 30.3 Å². The van der Waals surface area contributed by atoms with Gasteiger partial charge in [-0.15, -0.1) is 0 Å². The molecule has 4 nitrogen and oxygen atoms in total. The summed E-state index contributed by atoms with van der Waals surface area (Å²) >= 11 is 0.